The number of rotatable bonds is 5. The van der Waals surface area contributed by atoms with E-state index in [9.17, 15) is 9.90 Å². The molecule has 4 heteroatoms. The van der Waals surface area contributed by atoms with Crippen LogP contribution in [0, 0.1) is 0 Å². The van der Waals surface area contributed by atoms with Crippen molar-refractivity contribution in [3.05, 3.63) is 29.8 Å². The standard InChI is InChI=1S/C12H17NO3/c1-2-9(14)7-8-16-12(15)10-5-3-4-6-11(10)13/h3-6,9,14H,2,7-8,13H2,1H3. The molecule has 0 aliphatic heterocycles. The van der Waals surface area contributed by atoms with Crippen molar-refractivity contribution in [3.63, 3.8) is 0 Å². The van der Waals surface area contributed by atoms with E-state index in [0.717, 1.165) is 0 Å². The third-order valence-corrected chi connectivity index (χ3v) is 2.34. The Balaban J connectivity index is 2.44. The molecule has 0 bridgehead atoms. The normalized spacial score (nSPS) is 12.1. The topological polar surface area (TPSA) is 72.5 Å². The zero-order valence-corrected chi connectivity index (χ0v) is 9.35. The van der Waals surface area contributed by atoms with Gasteiger partial charge in [0.05, 0.1) is 18.3 Å². The van der Waals surface area contributed by atoms with Crippen LogP contribution in [0.1, 0.15) is 30.1 Å². The largest absolute Gasteiger partial charge is 0.462 e. The second-order valence-electron chi connectivity index (χ2n) is 3.57. The molecule has 1 atom stereocenters. The van der Waals surface area contributed by atoms with Gasteiger partial charge in [0.2, 0.25) is 0 Å². The van der Waals surface area contributed by atoms with Crippen molar-refractivity contribution < 1.29 is 14.6 Å². The Labute approximate surface area is 95.0 Å². The van der Waals surface area contributed by atoms with Crippen LogP contribution >= 0.6 is 0 Å². The van der Waals surface area contributed by atoms with Crippen molar-refractivity contribution in [2.75, 3.05) is 12.3 Å². The number of anilines is 1. The Bertz CT molecular complexity index is 352. The highest BCUT2D eigenvalue weighted by atomic mass is 16.5. The zero-order valence-electron chi connectivity index (χ0n) is 9.35. The number of ether oxygens (including phenoxy) is 1. The van der Waals surface area contributed by atoms with Gasteiger partial charge in [0.15, 0.2) is 0 Å². The molecule has 0 radical (unpaired) electrons. The van der Waals surface area contributed by atoms with Gasteiger partial charge >= 0.3 is 5.97 Å². The average Bonchev–Trinajstić information content (AvgIpc) is 2.29. The fraction of sp³-hybridized carbons (Fsp3) is 0.417. The van der Waals surface area contributed by atoms with Gasteiger partial charge in [-0.15, -0.1) is 0 Å². The van der Waals surface area contributed by atoms with Crippen LogP contribution in [-0.4, -0.2) is 23.8 Å². The number of carbonyl (C=O) groups is 1. The van der Waals surface area contributed by atoms with E-state index >= 15 is 0 Å². The molecule has 1 unspecified atom stereocenters. The molecule has 0 aliphatic carbocycles. The van der Waals surface area contributed by atoms with E-state index in [1.807, 2.05) is 6.92 Å². The number of nitrogen functional groups attached to an aromatic ring is 1. The molecule has 16 heavy (non-hydrogen) atoms. The van der Waals surface area contributed by atoms with E-state index in [0.29, 0.717) is 24.1 Å². The number of esters is 1. The van der Waals surface area contributed by atoms with Crippen LogP contribution in [0.3, 0.4) is 0 Å². The summed E-state index contributed by atoms with van der Waals surface area (Å²) in [6.45, 7) is 2.09. The Morgan fingerprint density at radius 1 is 1.50 bits per heavy atom. The Morgan fingerprint density at radius 2 is 2.19 bits per heavy atom. The smallest absolute Gasteiger partial charge is 0.340 e. The minimum absolute atomic E-state index is 0.210. The van der Waals surface area contributed by atoms with Crippen molar-refractivity contribution in [1.82, 2.24) is 0 Å². The monoisotopic (exact) mass is 223 g/mol. The first-order valence-corrected chi connectivity index (χ1v) is 5.34. The van der Waals surface area contributed by atoms with Gasteiger partial charge in [-0.3, -0.25) is 0 Å². The van der Waals surface area contributed by atoms with Crippen molar-refractivity contribution in [2.24, 2.45) is 0 Å². The molecule has 1 aromatic carbocycles. The van der Waals surface area contributed by atoms with Crippen LogP contribution in [0.4, 0.5) is 5.69 Å². The fourth-order valence-electron chi connectivity index (χ4n) is 1.25. The van der Waals surface area contributed by atoms with E-state index in [4.69, 9.17) is 10.5 Å². The van der Waals surface area contributed by atoms with Crippen molar-refractivity contribution >= 4 is 11.7 Å². The maximum atomic E-state index is 11.6. The molecular weight excluding hydrogens is 206 g/mol. The number of carbonyl (C=O) groups excluding carboxylic acids is 1. The maximum absolute atomic E-state index is 11.6. The summed E-state index contributed by atoms with van der Waals surface area (Å²) in [6, 6.07) is 6.76. The lowest BCUT2D eigenvalue weighted by molar-refractivity contribution is 0.0429. The summed E-state index contributed by atoms with van der Waals surface area (Å²) in [4.78, 5) is 11.6. The maximum Gasteiger partial charge on any atom is 0.340 e. The minimum Gasteiger partial charge on any atom is -0.462 e. The number of hydrogen-bond acceptors (Lipinski definition) is 4. The highest BCUT2D eigenvalue weighted by molar-refractivity contribution is 5.94. The summed E-state index contributed by atoms with van der Waals surface area (Å²) in [6.07, 6.45) is 0.695. The first-order valence-electron chi connectivity index (χ1n) is 5.34. The summed E-state index contributed by atoms with van der Waals surface area (Å²) in [5.74, 6) is -0.443. The quantitative estimate of drug-likeness (QED) is 0.587. The summed E-state index contributed by atoms with van der Waals surface area (Å²) >= 11 is 0. The number of hydrogen-bond donors (Lipinski definition) is 2. The predicted octanol–water partition coefficient (Wildman–Crippen LogP) is 1.59. The van der Waals surface area contributed by atoms with Gasteiger partial charge < -0.3 is 15.6 Å². The van der Waals surface area contributed by atoms with Gasteiger partial charge in [-0.2, -0.15) is 0 Å². The molecule has 0 fully saturated rings. The van der Waals surface area contributed by atoms with Crippen molar-refractivity contribution in [1.29, 1.82) is 0 Å². The van der Waals surface area contributed by atoms with E-state index in [-0.39, 0.29) is 6.61 Å². The SMILES string of the molecule is CCC(O)CCOC(=O)c1ccccc1N. The lowest BCUT2D eigenvalue weighted by Gasteiger charge is -2.09. The van der Waals surface area contributed by atoms with E-state index in [1.165, 1.54) is 0 Å². The molecule has 3 N–H and O–H groups in total. The van der Waals surface area contributed by atoms with Crippen LogP contribution in [0.25, 0.3) is 0 Å². The van der Waals surface area contributed by atoms with E-state index in [2.05, 4.69) is 0 Å². The van der Waals surface area contributed by atoms with Crippen LogP contribution in [0.15, 0.2) is 24.3 Å². The van der Waals surface area contributed by atoms with E-state index < -0.39 is 12.1 Å². The molecule has 0 spiro atoms. The second-order valence-corrected chi connectivity index (χ2v) is 3.57. The van der Waals surface area contributed by atoms with Gasteiger partial charge in [0, 0.05) is 12.1 Å². The summed E-state index contributed by atoms with van der Waals surface area (Å²) in [7, 11) is 0. The number of nitrogens with two attached hydrogens (primary N) is 1. The summed E-state index contributed by atoms with van der Waals surface area (Å²) in [5.41, 5.74) is 6.40. The summed E-state index contributed by atoms with van der Waals surface area (Å²) in [5, 5.41) is 9.28. The van der Waals surface area contributed by atoms with E-state index in [1.54, 1.807) is 24.3 Å². The molecule has 4 nitrogen and oxygen atoms in total. The molecule has 0 aliphatic rings. The van der Waals surface area contributed by atoms with Crippen LogP contribution < -0.4 is 5.73 Å². The molecule has 0 aromatic heterocycles. The predicted molar refractivity (Wildman–Crippen MR) is 62.1 cm³/mol. The van der Waals surface area contributed by atoms with Gasteiger partial charge in [-0.05, 0) is 18.6 Å². The first-order chi connectivity index (χ1) is 7.65. The van der Waals surface area contributed by atoms with Crippen LogP contribution in [0.5, 0.6) is 0 Å². The van der Waals surface area contributed by atoms with Crippen molar-refractivity contribution in [2.45, 2.75) is 25.9 Å². The fourth-order valence-corrected chi connectivity index (χ4v) is 1.25. The van der Waals surface area contributed by atoms with Gasteiger partial charge in [-0.1, -0.05) is 19.1 Å². The second kappa shape index (κ2) is 6.12. The molecular formula is C12H17NO3. The number of para-hydroxylation sites is 1. The summed E-state index contributed by atoms with van der Waals surface area (Å²) < 4.78 is 5.00. The van der Waals surface area contributed by atoms with Crippen molar-refractivity contribution in [3.8, 4) is 0 Å². The lowest BCUT2D eigenvalue weighted by atomic mass is 10.2. The molecule has 0 saturated heterocycles. The molecule has 0 amide bonds. The molecule has 88 valence electrons. The average molecular weight is 223 g/mol. The third kappa shape index (κ3) is 3.55. The van der Waals surface area contributed by atoms with Gasteiger partial charge in [0.25, 0.3) is 0 Å². The molecule has 1 aromatic rings. The van der Waals surface area contributed by atoms with Crippen LogP contribution in [-0.2, 0) is 4.74 Å². The highest BCUT2D eigenvalue weighted by Gasteiger charge is 2.10. The van der Waals surface area contributed by atoms with Crippen LogP contribution in [0.2, 0.25) is 0 Å². The molecule has 0 heterocycles. The number of benzene rings is 1. The lowest BCUT2D eigenvalue weighted by Crippen LogP contribution is -2.13. The van der Waals surface area contributed by atoms with Gasteiger partial charge in [-0.25, -0.2) is 4.79 Å². The number of aliphatic hydroxyl groups is 1. The molecule has 0 saturated carbocycles. The highest BCUT2D eigenvalue weighted by Crippen LogP contribution is 2.12. The minimum atomic E-state index is -0.443. The molecule has 1 rings (SSSR count). The van der Waals surface area contributed by atoms with Gasteiger partial charge in [0.1, 0.15) is 0 Å². The Kier molecular flexibility index (Phi) is 4.79. The number of aliphatic hydroxyl groups excluding tert-OH is 1. The Hall–Kier alpha value is -1.55. The zero-order chi connectivity index (χ0) is 12.0. The first kappa shape index (κ1) is 12.5. The third-order valence-electron chi connectivity index (χ3n) is 2.34. The Morgan fingerprint density at radius 3 is 2.81 bits per heavy atom.